The molecule has 176 valence electrons. The molecule has 2 aromatic carbocycles. The van der Waals surface area contributed by atoms with Crippen LogP contribution in [0.25, 0.3) is 0 Å². The molecule has 0 spiro atoms. The lowest BCUT2D eigenvalue weighted by Crippen LogP contribution is -2.41. The van der Waals surface area contributed by atoms with Crippen LogP contribution in [0.1, 0.15) is 19.8 Å². The Kier molecular flexibility index (Phi) is 11.3. The van der Waals surface area contributed by atoms with Crippen molar-refractivity contribution in [2.45, 2.75) is 24.7 Å². The summed E-state index contributed by atoms with van der Waals surface area (Å²) in [4.78, 5) is 5.06. The zero-order valence-electron chi connectivity index (χ0n) is 18.4. The predicted molar refractivity (Wildman–Crippen MR) is 139 cm³/mol. The second-order valence-electron chi connectivity index (χ2n) is 7.47. The third-order valence-electron chi connectivity index (χ3n) is 5.21. The van der Waals surface area contributed by atoms with Gasteiger partial charge in [-0.15, -0.1) is 24.0 Å². The number of ether oxygens (including phenoxy) is 1. The maximum Gasteiger partial charge on any atom is 0.243 e. The second-order valence-corrected chi connectivity index (χ2v) is 9.41. The molecule has 2 aromatic rings. The Labute approximate surface area is 208 Å². The third kappa shape index (κ3) is 7.93. The Bertz CT molecular complexity index is 919. The highest BCUT2D eigenvalue weighted by atomic mass is 127. The largest absolute Gasteiger partial charge is 0.492 e. The molecule has 1 fully saturated rings. The summed E-state index contributed by atoms with van der Waals surface area (Å²) in [5.74, 6) is 1.99. The first kappa shape index (κ1) is 26.4. The molecular formula is C23H33IN4O3S. The van der Waals surface area contributed by atoms with Crippen molar-refractivity contribution in [3.63, 3.8) is 0 Å². The van der Waals surface area contributed by atoms with Crippen molar-refractivity contribution in [1.82, 2.24) is 14.9 Å². The molecule has 0 amide bonds. The van der Waals surface area contributed by atoms with Crippen LogP contribution in [0.3, 0.4) is 0 Å². The normalized spacial score (nSPS) is 15.6. The number of benzene rings is 2. The van der Waals surface area contributed by atoms with Crippen LogP contribution in [-0.4, -0.2) is 58.0 Å². The van der Waals surface area contributed by atoms with Crippen LogP contribution in [0.5, 0.6) is 5.75 Å². The van der Waals surface area contributed by atoms with Gasteiger partial charge in [0.2, 0.25) is 10.0 Å². The summed E-state index contributed by atoms with van der Waals surface area (Å²) >= 11 is 0. The van der Waals surface area contributed by atoms with Gasteiger partial charge >= 0.3 is 0 Å². The minimum Gasteiger partial charge on any atom is -0.492 e. The minimum atomic E-state index is -3.40. The zero-order valence-corrected chi connectivity index (χ0v) is 21.6. The fraction of sp³-hybridized carbons (Fsp3) is 0.435. The summed E-state index contributed by atoms with van der Waals surface area (Å²) in [6, 6.07) is 18.4. The Morgan fingerprint density at radius 1 is 1.03 bits per heavy atom. The Morgan fingerprint density at radius 2 is 1.66 bits per heavy atom. The number of aliphatic imine (C=N–C) groups is 1. The van der Waals surface area contributed by atoms with Crippen molar-refractivity contribution >= 4 is 40.0 Å². The molecule has 0 atom stereocenters. The molecule has 0 aliphatic carbocycles. The third-order valence-corrected chi connectivity index (χ3v) is 7.13. The van der Waals surface area contributed by atoms with E-state index in [1.54, 1.807) is 28.6 Å². The molecule has 1 saturated heterocycles. The number of nitrogens with zero attached hydrogens (tertiary/aromatic N) is 2. The van der Waals surface area contributed by atoms with Crippen LogP contribution in [0.4, 0.5) is 0 Å². The molecule has 0 bridgehead atoms. The Hall–Kier alpha value is -1.85. The quantitative estimate of drug-likeness (QED) is 0.209. The molecule has 7 nitrogen and oxygen atoms in total. The fourth-order valence-corrected chi connectivity index (χ4v) is 4.98. The van der Waals surface area contributed by atoms with Gasteiger partial charge in [0, 0.05) is 26.2 Å². The lowest BCUT2D eigenvalue weighted by atomic mass is 9.98. The van der Waals surface area contributed by atoms with Gasteiger partial charge in [-0.1, -0.05) is 36.4 Å². The minimum absolute atomic E-state index is 0. The van der Waals surface area contributed by atoms with E-state index in [-0.39, 0.29) is 24.0 Å². The zero-order chi connectivity index (χ0) is 21.9. The molecule has 1 heterocycles. The first-order valence-electron chi connectivity index (χ1n) is 10.8. The van der Waals surface area contributed by atoms with Gasteiger partial charge in [0.15, 0.2) is 5.96 Å². The summed E-state index contributed by atoms with van der Waals surface area (Å²) < 4.78 is 32.8. The van der Waals surface area contributed by atoms with Crippen molar-refractivity contribution < 1.29 is 13.2 Å². The molecule has 0 saturated carbocycles. The highest BCUT2D eigenvalue weighted by molar-refractivity contribution is 14.0. The average Bonchev–Trinajstić information content (AvgIpc) is 2.81. The maximum atomic E-state index is 12.8. The summed E-state index contributed by atoms with van der Waals surface area (Å²) in [7, 11) is -3.40. The van der Waals surface area contributed by atoms with E-state index in [2.05, 4.69) is 10.6 Å². The molecule has 32 heavy (non-hydrogen) atoms. The van der Waals surface area contributed by atoms with E-state index in [1.807, 2.05) is 43.3 Å². The molecule has 0 unspecified atom stereocenters. The molecule has 0 radical (unpaired) electrons. The van der Waals surface area contributed by atoms with Gasteiger partial charge in [0.25, 0.3) is 0 Å². The summed E-state index contributed by atoms with van der Waals surface area (Å²) in [5, 5.41) is 6.55. The lowest BCUT2D eigenvalue weighted by Gasteiger charge is -2.30. The number of piperidine rings is 1. The molecule has 1 aliphatic heterocycles. The Morgan fingerprint density at radius 3 is 2.28 bits per heavy atom. The first-order valence-corrected chi connectivity index (χ1v) is 12.3. The van der Waals surface area contributed by atoms with E-state index in [0.717, 1.165) is 31.1 Å². The smallest absolute Gasteiger partial charge is 0.243 e. The van der Waals surface area contributed by atoms with Crippen LogP contribution in [0.2, 0.25) is 0 Å². The van der Waals surface area contributed by atoms with E-state index < -0.39 is 10.0 Å². The topological polar surface area (TPSA) is 83.0 Å². The SMILES string of the molecule is CCNC(=NCC1CCN(S(=O)(=O)c2ccccc2)CC1)NCCOc1ccccc1.I. The van der Waals surface area contributed by atoms with Crippen LogP contribution >= 0.6 is 24.0 Å². The molecule has 9 heteroatoms. The van der Waals surface area contributed by atoms with Crippen LogP contribution < -0.4 is 15.4 Å². The highest BCUT2D eigenvalue weighted by Gasteiger charge is 2.29. The van der Waals surface area contributed by atoms with Crippen molar-refractivity contribution in [2.75, 3.05) is 39.3 Å². The van der Waals surface area contributed by atoms with Gasteiger partial charge in [-0.25, -0.2) is 8.42 Å². The fourth-order valence-electron chi connectivity index (χ4n) is 3.49. The van der Waals surface area contributed by atoms with Crippen molar-refractivity contribution in [3.8, 4) is 5.75 Å². The number of guanidine groups is 1. The number of para-hydroxylation sites is 1. The number of halogens is 1. The van der Waals surface area contributed by atoms with Gasteiger partial charge in [-0.05, 0) is 49.9 Å². The van der Waals surface area contributed by atoms with Gasteiger partial charge in [0.05, 0.1) is 11.4 Å². The van der Waals surface area contributed by atoms with Crippen LogP contribution in [-0.2, 0) is 10.0 Å². The van der Waals surface area contributed by atoms with Gasteiger partial charge in [0.1, 0.15) is 12.4 Å². The number of sulfonamides is 1. The maximum absolute atomic E-state index is 12.8. The summed E-state index contributed by atoms with van der Waals surface area (Å²) in [6.07, 6.45) is 1.62. The van der Waals surface area contributed by atoms with Gasteiger partial charge < -0.3 is 15.4 Å². The second kappa shape index (κ2) is 13.6. The van der Waals surface area contributed by atoms with E-state index >= 15 is 0 Å². The Balaban J connectivity index is 0.00000363. The molecule has 2 N–H and O–H groups in total. The van der Waals surface area contributed by atoms with Crippen molar-refractivity contribution in [1.29, 1.82) is 0 Å². The molecule has 1 aliphatic rings. The number of hydrogen-bond donors (Lipinski definition) is 2. The monoisotopic (exact) mass is 572 g/mol. The van der Waals surface area contributed by atoms with E-state index in [9.17, 15) is 8.42 Å². The standard InChI is InChI=1S/C23H32N4O3S.HI/c1-2-24-23(25-15-18-30-21-9-5-3-6-10-21)26-19-20-13-16-27(17-14-20)31(28,29)22-11-7-4-8-12-22;/h3-12,20H,2,13-19H2,1H3,(H2,24,25,26);1H. The summed E-state index contributed by atoms with van der Waals surface area (Å²) in [6.45, 7) is 5.75. The number of hydrogen-bond acceptors (Lipinski definition) is 4. The van der Waals surface area contributed by atoms with Crippen LogP contribution in [0.15, 0.2) is 70.6 Å². The van der Waals surface area contributed by atoms with Crippen molar-refractivity contribution in [2.24, 2.45) is 10.9 Å². The van der Waals surface area contributed by atoms with E-state index in [4.69, 9.17) is 9.73 Å². The van der Waals surface area contributed by atoms with Gasteiger partial charge in [-0.2, -0.15) is 4.31 Å². The molecule has 0 aromatic heterocycles. The first-order chi connectivity index (χ1) is 15.1. The average molecular weight is 573 g/mol. The molecule has 3 rings (SSSR count). The predicted octanol–water partition coefficient (Wildman–Crippen LogP) is 3.34. The van der Waals surface area contributed by atoms with Crippen LogP contribution in [0, 0.1) is 5.92 Å². The highest BCUT2D eigenvalue weighted by Crippen LogP contribution is 2.23. The summed E-state index contributed by atoms with van der Waals surface area (Å²) in [5.41, 5.74) is 0. The molecular weight excluding hydrogens is 539 g/mol. The number of nitrogens with one attached hydrogen (secondary N) is 2. The van der Waals surface area contributed by atoms with Gasteiger partial charge in [-0.3, -0.25) is 4.99 Å². The van der Waals surface area contributed by atoms with Crippen molar-refractivity contribution in [3.05, 3.63) is 60.7 Å². The number of rotatable bonds is 9. The van der Waals surface area contributed by atoms with E-state index in [1.165, 1.54) is 0 Å². The lowest BCUT2D eigenvalue weighted by molar-refractivity contribution is 0.278. The van der Waals surface area contributed by atoms with E-state index in [0.29, 0.717) is 43.6 Å².